The van der Waals surface area contributed by atoms with E-state index in [9.17, 15) is 0 Å². The van der Waals surface area contributed by atoms with E-state index in [1.54, 1.807) is 0 Å². The monoisotopic (exact) mass is 181 g/mol. The molecule has 0 saturated heterocycles. The third kappa shape index (κ3) is 4.15. The van der Waals surface area contributed by atoms with Gasteiger partial charge >= 0.3 is 0 Å². The molecule has 0 aromatic rings. The molecule has 0 bridgehead atoms. The second kappa shape index (κ2) is 6.45. The molecule has 2 atom stereocenters. The van der Waals surface area contributed by atoms with E-state index in [-0.39, 0.29) is 0 Å². The van der Waals surface area contributed by atoms with E-state index in [4.69, 9.17) is 0 Å². The molecule has 0 nitrogen and oxygen atoms in total. The van der Waals surface area contributed by atoms with E-state index >= 15 is 0 Å². The van der Waals surface area contributed by atoms with Crippen LogP contribution in [0.2, 0.25) is 0 Å². The van der Waals surface area contributed by atoms with Crippen molar-refractivity contribution in [1.29, 1.82) is 0 Å². The molecule has 13 heavy (non-hydrogen) atoms. The highest BCUT2D eigenvalue weighted by molar-refractivity contribution is 4.74. The number of unbranched alkanes of at least 4 members (excludes halogenated alkanes) is 2. The van der Waals surface area contributed by atoms with Gasteiger partial charge in [-0.15, -0.1) is 0 Å². The summed E-state index contributed by atoms with van der Waals surface area (Å²) in [5, 5.41) is 0. The standard InChI is InChI=1S/C13H25/c1-3-5-6-8-13-10-7-9-12(4-2)11-13/h5,12-13H,3-4,6-11H2,1-2H3. The van der Waals surface area contributed by atoms with Crippen LogP contribution in [0.3, 0.4) is 0 Å². The second-order valence-corrected chi connectivity index (χ2v) is 4.58. The lowest BCUT2D eigenvalue weighted by atomic mass is 9.78. The lowest BCUT2D eigenvalue weighted by molar-refractivity contribution is 0.249. The van der Waals surface area contributed by atoms with Gasteiger partial charge in [-0.05, 0) is 31.1 Å². The normalized spacial score (nSPS) is 29.1. The molecule has 0 heteroatoms. The fraction of sp³-hybridized carbons (Fsp3) is 0.923. The molecule has 1 aliphatic carbocycles. The molecule has 0 aliphatic heterocycles. The van der Waals surface area contributed by atoms with Crippen molar-refractivity contribution in [3.63, 3.8) is 0 Å². The van der Waals surface area contributed by atoms with E-state index in [1.807, 2.05) is 0 Å². The van der Waals surface area contributed by atoms with Crippen LogP contribution in [0.1, 0.15) is 65.2 Å². The van der Waals surface area contributed by atoms with Crippen molar-refractivity contribution in [2.45, 2.75) is 65.2 Å². The van der Waals surface area contributed by atoms with Gasteiger partial charge in [0.15, 0.2) is 0 Å². The quantitative estimate of drug-likeness (QED) is 0.544. The molecule has 1 aliphatic rings. The van der Waals surface area contributed by atoms with Crippen LogP contribution >= 0.6 is 0 Å². The zero-order valence-corrected chi connectivity index (χ0v) is 9.39. The highest BCUT2D eigenvalue weighted by atomic mass is 14.3. The lowest BCUT2D eigenvalue weighted by Crippen LogP contribution is -2.14. The summed E-state index contributed by atoms with van der Waals surface area (Å²) in [4.78, 5) is 0. The third-order valence-electron chi connectivity index (χ3n) is 3.54. The molecular formula is C13H25. The highest BCUT2D eigenvalue weighted by Crippen LogP contribution is 2.33. The molecule has 0 heterocycles. The Morgan fingerprint density at radius 3 is 2.62 bits per heavy atom. The van der Waals surface area contributed by atoms with Gasteiger partial charge in [0, 0.05) is 0 Å². The Kier molecular flexibility index (Phi) is 5.50. The van der Waals surface area contributed by atoms with Crippen LogP contribution in [0.5, 0.6) is 0 Å². The van der Waals surface area contributed by atoms with Crippen molar-refractivity contribution in [3.05, 3.63) is 6.42 Å². The number of hydrogen-bond donors (Lipinski definition) is 0. The predicted molar refractivity (Wildman–Crippen MR) is 59.6 cm³/mol. The van der Waals surface area contributed by atoms with Gasteiger partial charge in [0.25, 0.3) is 0 Å². The summed E-state index contributed by atoms with van der Waals surface area (Å²) in [5.74, 6) is 2.11. The fourth-order valence-electron chi connectivity index (χ4n) is 2.59. The van der Waals surface area contributed by atoms with E-state index in [0.29, 0.717) is 0 Å². The molecule has 1 rings (SSSR count). The molecule has 1 saturated carbocycles. The summed E-state index contributed by atoms with van der Waals surface area (Å²) in [6.07, 6.45) is 14.0. The molecule has 1 radical (unpaired) electrons. The molecule has 0 spiro atoms. The van der Waals surface area contributed by atoms with E-state index in [0.717, 1.165) is 11.8 Å². The predicted octanol–water partition coefficient (Wildman–Crippen LogP) is 4.60. The first-order valence-electron chi connectivity index (χ1n) is 6.18. The largest absolute Gasteiger partial charge is 0.0651 e. The number of rotatable bonds is 5. The maximum atomic E-state index is 2.44. The average molecular weight is 181 g/mol. The summed E-state index contributed by atoms with van der Waals surface area (Å²) in [7, 11) is 0. The summed E-state index contributed by atoms with van der Waals surface area (Å²) < 4.78 is 0. The molecule has 77 valence electrons. The van der Waals surface area contributed by atoms with Crippen molar-refractivity contribution in [2.24, 2.45) is 11.8 Å². The van der Waals surface area contributed by atoms with Crippen LogP contribution in [-0.4, -0.2) is 0 Å². The Labute approximate surface area is 84.1 Å². The van der Waals surface area contributed by atoms with Crippen LogP contribution in [0.15, 0.2) is 0 Å². The van der Waals surface area contributed by atoms with Crippen LogP contribution in [0, 0.1) is 18.3 Å². The van der Waals surface area contributed by atoms with Crippen LogP contribution in [0.25, 0.3) is 0 Å². The summed E-state index contributed by atoms with van der Waals surface area (Å²) in [5.41, 5.74) is 0. The molecule has 0 amide bonds. The zero-order chi connectivity index (χ0) is 9.52. The highest BCUT2D eigenvalue weighted by Gasteiger charge is 2.19. The topological polar surface area (TPSA) is 0 Å². The molecular weight excluding hydrogens is 156 g/mol. The summed E-state index contributed by atoms with van der Waals surface area (Å²) in [6.45, 7) is 4.60. The summed E-state index contributed by atoms with van der Waals surface area (Å²) >= 11 is 0. The number of hydrogen-bond acceptors (Lipinski definition) is 0. The SMILES string of the molecule is CC[CH]CCC1CCCC(CC)C1. The van der Waals surface area contributed by atoms with Crippen LogP contribution in [-0.2, 0) is 0 Å². The average Bonchev–Trinajstić information content (AvgIpc) is 2.19. The Bertz CT molecular complexity index is 117. The van der Waals surface area contributed by atoms with Crippen molar-refractivity contribution < 1.29 is 0 Å². The van der Waals surface area contributed by atoms with Crippen molar-refractivity contribution in [2.75, 3.05) is 0 Å². The zero-order valence-electron chi connectivity index (χ0n) is 9.39. The minimum absolute atomic E-state index is 1.06. The minimum atomic E-state index is 1.06. The van der Waals surface area contributed by atoms with Gasteiger partial charge in [-0.1, -0.05) is 52.4 Å². The van der Waals surface area contributed by atoms with Gasteiger partial charge in [0.05, 0.1) is 0 Å². The van der Waals surface area contributed by atoms with Crippen molar-refractivity contribution in [1.82, 2.24) is 0 Å². The van der Waals surface area contributed by atoms with Crippen LogP contribution in [0.4, 0.5) is 0 Å². The Morgan fingerprint density at radius 1 is 1.15 bits per heavy atom. The van der Waals surface area contributed by atoms with Crippen LogP contribution < -0.4 is 0 Å². The molecule has 1 fully saturated rings. The molecule has 2 unspecified atom stereocenters. The maximum Gasteiger partial charge on any atom is -0.0388 e. The minimum Gasteiger partial charge on any atom is -0.0651 e. The first kappa shape index (κ1) is 11.1. The van der Waals surface area contributed by atoms with E-state index in [1.165, 1.54) is 51.4 Å². The maximum absolute atomic E-state index is 2.44. The molecule has 0 aromatic heterocycles. The third-order valence-corrected chi connectivity index (χ3v) is 3.54. The Balaban J connectivity index is 2.11. The molecule has 0 N–H and O–H groups in total. The smallest absolute Gasteiger partial charge is 0.0388 e. The van der Waals surface area contributed by atoms with Crippen molar-refractivity contribution >= 4 is 0 Å². The fourth-order valence-corrected chi connectivity index (χ4v) is 2.59. The lowest BCUT2D eigenvalue weighted by Gasteiger charge is -2.28. The Hall–Kier alpha value is 0. The van der Waals surface area contributed by atoms with Gasteiger partial charge in [-0.25, -0.2) is 0 Å². The van der Waals surface area contributed by atoms with Gasteiger partial charge < -0.3 is 0 Å². The first-order chi connectivity index (χ1) is 6.36. The first-order valence-corrected chi connectivity index (χ1v) is 6.18. The Morgan fingerprint density at radius 2 is 1.92 bits per heavy atom. The van der Waals surface area contributed by atoms with E-state index < -0.39 is 0 Å². The van der Waals surface area contributed by atoms with Gasteiger partial charge in [-0.2, -0.15) is 0 Å². The van der Waals surface area contributed by atoms with E-state index in [2.05, 4.69) is 20.3 Å². The second-order valence-electron chi connectivity index (χ2n) is 4.58. The van der Waals surface area contributed by atoms with Crippen molar-refractivity contribution in [3.8, 4) is 0 Å². The van der Waals surface area contributed by atoms with Gasteiger partial charge in [-0.3, -0.25) is 0 Å². The van der Waals surface area contributed by atoms with Gasteiger partial charge in [0.2, 0.25) is 0 Å². The molecule has 0 aromatic carbocycles. The van der Waals surface area contributed by atoms with Gasteiger partial charge in [0.1, 0.15) is 0 Å². The summed E-state index contributed by atoms with van der Waals surface area (Å²) in [6, 6.07) is 0.